The monoisotopic (exact) mass is 266 g/mol. The molecule has 0 aliphatic carbocycles. The Bertz CT molecular complexity index is 434. The second-order valence-corrected chi connectivity index (χ2v) is 5.08. The molecule has 0 aliphatic rings. The Hall–Kier alpha value is -1.42. The average Bonchev–Trinajstić information content (AvgIpc) is 2.43. The van der Waals surface area contributed by atoms with Crippen LogP contribution in [0.3, 0.4) is 0 Å². The van der Waals surface area contributed by atoms with Crippen LogP contribution in [0.15, 0.2) is 18.2 Å². The Kier molecular flexibility index (Phi) is 5.48. The third-order valence-electron chi connectivity index (χ3n) is 3.92. The minimum absolute atomic E-state index is 0.0955. The van der Waals surface area contributed by atoms with Crippen molar-refractivity contribution in [1.82, 2.24) is 5.32 Å². The lowest BCUT2D eigenvalue weighted by atomic mass is 9.82. The summed E-state index contributed by atoms with van der Waals surface area (Å²) in [6, 6.07) is 4.53. The molecule has 0 saturated heterocycles. The Morgan fingerprint density at radius 1 is 1.37 bits per heavy atom. The number of benzene rings is 1. The molecule has 19 heavy (non-hydrogen) atoms. The smallest absolute Gasteiger partial charge is 0.254 e. The highest BCUT2D eigenvalue weighted by Crippen LogP contribution is 2.23. The van der Waals surface area contributed by atoms with Gasteiger partial charge in [0.05, 0.1) is 5.56 Å². The van der Waals surface area contributed by atoms with Crippen LogP contribution in [0, 0.1) is 18.2 Å². The number of halogens is 1. The summed E-state index contributed by atoms with van der Waals surface area (Å²) < 4.78 is 13.6. The van der Waals surface area contributed by atoms with Gasteiger partial charge in [-0.05, 0) is 43.9 Å². The minimum atomic E-state index is -0.491. The summed E-state index contributed by atoms with van der Waals surface area (Å²) in [6.45, 7) is 6.92. The van der Waals surface area contributed by atoms with Crippen LogP contribution >= 0.6 is 0 Å². The van der Waals surface area contributed by atoms with Crippen LogP contribution in [0.1, 0.15) is 42.6 Å². The summed E-state index contributed by atoms with van der Waals surface area (Å²) in [7, 11) is 0. The highest BCUT2D eigenvalue weighted by Gasteiger charge is 2.25. The minimum Gasteiger partial charge on any atom is -0.351 e. The van der Waals surface area contributed by atoms with Gasteiger partial charge in [0.1, 0.15) is 5.82 Å². The molecule has 4 heteroatoms. The predicted octanol–water partition coefficient (Wildman–Crippen LogP) is 2.63. The van der Waals surface area contributed by atoms with Gasteiger partial charge in [-0.15, -0.1) is 0 Å². The number of carbonyl (C=O) groups excluding carboxylic acids is 1. The van der Waals surface area contributed by atoms with Crippen molar-refractivity contribution in [2.75, 3.05) is 13.1 Å². The van der Waals surface area contributed by atoms with E-state index < -0.39 is 5.82 Å². The van der Waals surface area contributed by atoms with Gasteiger partial charge in [-0.2, -0.15) is 0 Å². The molecule has 0 radical (unpaired) electrons. The van der Waals surface area contributed by atoms with Gasteiger partial charge in [-0.25, -0.2) is 4.39 Å². The molecule has 0 heterocycles. The number of hydrogen-bond donors (Lipinski definition) is 2. The topological polar surface area (TPSA) is 55.1 Å². The largest absolute Gasteiger partial charge is 0.351 e. The van der Waals surface area contributed by atoms with Gasteiger partial charge >= 0.3 is 0 Å². The number of aryl methyl sites for hydroxylation is 1. The third-order valence-corrected chi connectivity index (χ3v) is 3.92. The van der Waals surface area contributed by atoms with Crippen LogP contribution in [0.4, 0.5) is 4.39 Å². The lowest BCUT2D eigenvalue weighted by Gasteiger charge is -2.30. The third kappa shape index (κ3) is 3.77. The lowest BCUT2D eigenvalue weighted by molar-refractivity contribution is 0.0924. The molecular formula is C15H23FN2O. The van der Waals surface area contributed by atoms with Crippen molar-refractivity contribution in [2.45, 2.75) is 33.6 Å². The van der Waals surface area contributed by atoms with Crippen LogP contribution < -0.4 is 11.1 Å². The van der Waals surface area contributed by atoms with E-state index in [0.717, 1.165) is 18.4 Å². The summed E-state index contributed by atoms with van der Waals surface area (Å²) in [6.07, 6.45) is 1.77. The predicted molar refractivity (Wildman–Crippen MR) is 75.5 cm³/mol. The van der Waals surface area contributed by atoms with Crippen LogP contribution in [0.25, 0.3) is 0 Å². The Morgan fingerprint density at radius 3 is 2.53 bits per heavy atom. The number of nitrogens with one attached hydrogen (secondary N) is 1. The van der Waals surface area contributed by atoms with Crippen molar-refractivity contribution in [3.63, 3.8) is 0 Å². The molecule has 1 aromatic rings. The molecule has 1 rings (SSSR count). The summed E-state index contributed by atoms with van der Waals surface area (Å²) >= 11 is 0. The van der Waals surface area contributed by atoms with Gasteiger partial charge < -0.3 is 11.1 Å². The number of nitrogens with two attached hydrogens (primary N) is 1. The molecule has 0 saturated carbocycles. The normalized spacial score (nSPS) is 11.4. The van der Waals surface area contributed by atoms with Gasteiger partial charge in [0.15, 0.2) is 0 Å². The van der Waals surface area contributed by atoms with E-state index in [1.165, 1.54) is 6.07 Å². The number of amides is 1. The van der Waals surface area contributed by atoms with Crippen LogP contribution in [0.2, 0.25) is 0 Å². The summed E-state index contributed by atoms with van der Waals surface area (Å²) in [4.78, 5) is 12.0. The first kappa shape index (κ1) is 15.6. The van der Waals surface area contributed by atoms with Crippen LogP contribution in [-0.2, 0) is 0 Å². The van der Waals surface area contributed by atoms with E-state index in [-0.39, 0.29) is 16.9 Å². The lowest BCUT2D eigenvalue weighted by Crippen LogP contribution is -2.42. The molecular weight excluding hydrogens is 243 g/mol. The van der Waals surface area contributed by atoms with E-state index in [0.29, 0.717) is 13.1 Å². The molecule has 1 amide bonds. The zero-order valence-corrected chi connectivity index (χ0v) is 11.9. The van der Waals surface area contributed by atoms with Crippen molar-refractivity contribution in [2.24, 2.45) is 11.1 Å². The number of hydrogen-bond acceptors (Lipinski definition) is 2. The Balaban J connectivity index is 2.77. The molecule has 0 fully saturated rings. The van der Waals surface area contributed by atoms with Crippen LogP contribution in [0.5, 0.6) is 0 Å². The van der Waals surface area contributed by atoms with Crippen molar-refractivity contribution < 1.29 is 9.18 Å². The summed E-state index contributed by atoms with van der Waals surface area (Å²) in [5, 5.41) is 2.80. The maximum absolute atomic E-state index is 13.6. The standard InChI is InChI=1S/C15H23FN2O/c1-4-15(5-2,9-17)10-18-14(19)12-8-11(3)6-7-13(12)16/h6-8H,4-5,9-10,17H2,1-3H3,(H,18,19). The zero-order chi connectivity index (χ0) is 14.5. The average molecular weight is 266 g/mol. The number of rotatable bonds is 6. The van der Waals surface area contributed by atoms with Gasteiger partial charge in [0.2, 0.25) is 0 Å². The van der Waals surface area contributed by atoms with E-state index in [2.05, 4.69) is 19.2 Å². The van der Waals surface area contributed by atoms with Crippen molar-refractivity contribution in [3.05, 3.63) is 35.1 Å². The van der Waals surface area contributed by atoms with E-state index in [4.69, 9.17) is 5.73 Å². The van der Waals surface area contributed by atoms with E-state index >= 15 is 0 Å². The van der Waals surface area contributed by atoms with Crippen LogP contribution in [-0.4, -0.2) is 19.0 Å². The van der Waals surface area contributed by atoms with E-state index in [1.54, 1.807) is 12.1 Å². The van der Waals surface area contributed by atoms with Crippen molar-refractivity contribution in [3.8, 4) is 0 Å². The Labute approximate surface area is 114 Å². The molecule has 0 aliphatic heterocycles. The first-order valence-corrected chi connectivity index (χ1v) is 6.72. The molecule has 0 unspecified atom stereocenters. The van der Waals surface area contributed by atoms with Gasteiger partial charge in [-0.3, -0.25) is 4.79 Å². The van der Waals surface area contributed by atoms with Crippen molar-refractivity contribution in [1.29, 1.82) is 0 Å². The van der Waals surface area contributed by atoms with Gasteiger partial charge in [0, 0.05) is 6.54 Å². The quantitative estimate of drug-likeness (QED) is 0.831. The van der Waals surface area contributed by atoms with Gasteiger partial charge in [-0.1, -0.05) is 25.5 Å². The molecule has 0 bridgehead atoms. The first-order chi connectivity index (χ1) is 8.98. The Morgan fingerprint density at radius 2 is 2.00 bits per heavy atom. The highest BCUT2D eigenvalue weighted by molar-refractivity contribution is 5.94. The van der Waals surface area contributed by atoms with Crippen molar-refractivity contribution >= 4 is 5.91 Å². The molecule has 0 aromatic heterocycles. The second kappa shape index (κ2) is 6.66. The van der Waals surface area contributed by atoms with E-state index in [9.17, 15) is 9.18 Å². The maximum Gasteiger partial charge on any atom is 0.254 e. The van der Waals surface area contributed by atoms with E-state index in [1.807, 2.05) is 6.92 Å². The molecule has 106 valence electrons. The maximum atomic E-state index is 13.6. The molecule has 3 N–H and O–H groups in total. The fourth-order valence-corrected chi connectivity index (χ4v) is 2.04. The van der Waals surface area contributed by atoms with Gasteiger partial charge in [0.25, 0.3) is 5.91 Å². The zero-order valence-electron chi connectivity index (χ0n) is 11.9. The highest BCUT2D eigenvalue weighted by atomic mass is 19.1. The first-order valence-electron chi connectivity index (χ1n) is 6.72. The fraction of sp³-hybridized carbons (Fsp3) is 0.533. The number of carbonyl (C=O) groups is 1. The summed E-state index contributed by atoms with van der Waals surface area (Å²) in [5.74, 6) is -0.865. The molecule has 0 spiro atoms. The molecule has 0 atom stereocenters. The second-order valence-electron chi connectivity index (χ2n) is 5.08. The molecule has 1 aromatic carbocycles. The molecule has 3 nitrogen and oxygen atoms in total. The summed E-state index contributed by atoms with van der Waals surface area (Å²) in [5.41, 5.74) is 6.64. The SMILES string of the molecule is CCC(CC)(CN)CNC(=O)c1cc(C)ccc1F. The fourth-order valence-electron chi connectivity index (χ4n) is 2.04.